The molecule has 0 aromatic heterocycles. The third kappa shape index (κ3) is 6.46. The van der Waals surface area contributed by atoms with Crippen molar-refractivity contribution in [3.63, 3.8) is 0 Å². The lowest BCUT2D eigenvalue weighted by Gasteiger charge is -1.96. The Morgan fingerprint density at radius 1 is 1.71 bits per heavy atom. The number of hydrogen-bond donors (Lipinski definition) is 3. The summed E-state index contributed by atoms with van der Waals surface area (Å²) in [5, 5.41) is 4.74. The SMILES string of the molecule is NSCP(=O)(O)O. The molecule has 0 aliphatic heterocycles. The summed E-state index contributed by atoms with van der Waals surface area (Å²) in [6, 6.07) is 0. The van der Waals surface area contributed by atoms with Crippen LogP contribution in [0.1, 0.15) is 0 Å². The lowest BCUT2D eigenvalue weighted by Crippen LogP contribution is -1.85. The van der Waals surface area contributed by atoms with Gasteiger partial charge in [-0.25, -0.2) is 0 Å². The van der Waals surface area contributed by atoms with E-state index in [0.717, 1.165) is 0 Å². The number of rotatable bonds is 2. The lowest BCUT2D eigenvalue weighted by atomic mass is 11.9. The fraction of sp³-hybridized carbons (Fsp3) is 1.00. The molecule has 0 rings (SSSR count). The summed E-state index contributed by atoms with van der Waals surface area (Å²) in [5.74, 6) is 0. The molecule has 0 radical (unpaired) electrons. The molecule has 0 unspecified atom stereocenters. The highest BCUT2D eigenvalue weighted by molar-refractivity contribution is 8.02. The van der Waals surface area contributed by atoms with Crippen molar-refractivity contribution in [1.29, 1.82) is 0 Å². The molecule has 0 aromatic rings. The van der Waals surface area contributed by atoms with E-state index in [4.69, 9.17) is 14.9 Å². The summed E-state index contributed by atoms with van der Waals surface area (Å²) in [6.07, 6.45) is 0. The predicted octanol–water partition coefficient (Wildman–Crippen LogP) is -0.271. The Bertz CT molecular complexity index is 88.9. The third-order valence-electron chi connectivity index (χ3n) is 0.243. The van der Waals surface area contributed by atoms with E-state index in [-0.39, 0.29) is 5.49 Å². The maximum atomic E-state index is 9.82. The van der Waals surface area contributed by atoms with Crippen LogP contribution in [0.2, 0.25) is 0 Å². The molecule has 44 valence electrons. The van der Waals surface area contributed by atoms with Gasteiger partial charge in [0.1, 0.15) is 5.49 Å². The van der Waals surface area contributed by atoms with Crippen LogP contribution < -0.4 is 5.14 Å². The van der Waals surface area contributed by atoms with Crippen LogP contribution in [0.15, 0.2) is 0 Å². The van der Waals surface area contributed by atoms with Crippen LogP contribution in [-0.4, -0.2) is 15.3 Å². The van der Waals surface area contributed by atoms with Crippen molar-refractivity contribution in [3.05, 3.63) is 0 Å². The van der Waals surface area contributed by atoms with E-state index in [2.05, 4.69) is 0 Å². The zero-order chi connectivity index (χ0) is 5.91. The summed E-state index contributed by atoms with van der Waals surface area (Å²) >= 11 is 0.645. The minimum atomic E-state index is -3.83. The monoisotopic (exact) mass is 143 g/mol. The van der Waals surface area contributed by atoms with Crippen LogP contribution in [0.5, 0.6) is 0 Å². The van der Waals surface area contributed by atoms with Crippen molar-refractivity contribution in [3.8, 4) is 0 Å². The first-order valence-electron chi connectivity index (χ1n) is 1.42. The van der Waals surface area contributed by atoms with Crippen LogP contribution in [0.4, 0.5) is 0 Å². The lowest BCUT2D eigenvalue weighted by molar-refractivity contribution is 0.379. The van der Waals surface area contributed by atoms with Crippen LogP contribution in [0.25, 0.3) is 0 Å². The first kappa shape index (κ1) is 7.46. The summed E-state index contributed by atoms with van der Waals surface area (Å²) in [4.78, 5) is 16.1. The molecule has 0 saturated carbocycles. The summed E-state index contributed by atoms with van der Waals surface area (Å²) < 4.78 is 9.82. The first-order chi connectivity index (χ1) is 3.06. The van der Waals surface area contributed by atoms with Crippen molar-refractivity contribution in [1.82, 2.24) is 0 Å². The van der Waals surface area contributed by atoms with E-state index in [1.807, 2.05) is 0 Å². The normalized spacial score (nSPS) is 11.9. The maximum Gasteiger partial charge on any atom is 0.336 e. The molecule has 4 N–H and O–H groups in total. The zero-order valence-corrected chi connectivity index (χ0v) is 5.15. The van der Waals surface area contributed by atoms with E-state index < -0.39 is 7.60 Å². The second kappa shape index (κ2) is 2.69. The smallest absolute Gasteiger partial charge is 0.324 e. The third-order valence-corrected chi connectivity index (χ3v) is 2.18. The van der Waals surface area contributed by atoms with E-state index >= 15 is 0 Å². The molecule has 0 fully saturated rings. The topological polar surface area (TPSA) is 83.6 Å². The van der Waals surface area contributed by atoms with Gasteiger partial charge in [-0.1, -0.05) is 11.9 Å². The van der Waals surface area contributed by atoms with Crippen LogP contribution in [0.3, 0.4) is 0 Å². The maximum absolute atomic E-state index is 9.82. The average molecular weight is 143 g/mol. The Labute approximate surface area is 45.4 Å². The Hall–Kier alpha value is 0.460. The van der Waals surface area contributed by atoms with Gasteiger partial charge in [-0.15, -0.1) is 0 Å². The molecule has 0 heterocycles. The van der Waals surface area contributed by atoms with Crippen molar-refractivity contribution in [2.45, 2.75) is 0 Å². The molecule has 0 aliphatic carbocycles. The molecule has 0 atom stereocenters. The van der Waals surface area contributed by atoms with Gasteiger partial charge in [-0.2, -0.15) is 0 Å². The molecule has 0 spiro atoms. The van der Waals surface area contributed by atoms with Gasteiger partial charge in [-0.05, 0) is 0 Å². The van der Waals surface area contributed by atoms with Gasteiger partial charge in [-0.3, -0.25) is 9.70 Å². The second-order valence-corrected chi connectivity index (χ2v) is 3.66. The van der Waals surface area contributed by atoms with Gasteiger partial charge in [0.25, 0.3) is 0 Å². The van der Waals surface area contributed by atoms with Crippen molar-refractivity contribution < 1.29 is 14.4 Å². The molecular weight excluding hydrogens is 137 g/mol. The highest BCUT2D eigenvalue weighted by Crippen LogP contribution is 2.36. The van der Waals surface area contributed by atoms with E-state index in [0.29, 0.717) is 11.9 Å². The van der Waals surface area contributed by atoms with E-state index in [1.165, 1.54) is 0 Å². The standard InChI is InChI=1S/CH6NO3PS/c2-7-1-6(3,4)5/h1-2H2,(H2,3,4,5). The fourth-order valence-electron chi connectivity index (χ4n) is 0.0971. The molecule has 0 saturated heterocycles. The quantitative estimate of drug-likeness (QED) is 0.366. The highest BCUT2D eigenvalue weighted by Gasteiger charge is 2.09. The zero-order valence-electron chi connectivity index (χ0n) is 3.44. The Morgan fingerprint density at radius 3 is 2.14 bits per heavy atom. The molecule has 0 amide bonds. The first-order valence-corrected chi connectivity index (χ1v) is 4.27. The summed E-state index contributed by atoms with van der Waals surface area (Å²) in [5.41, 5.74) is -0.299. The van der Waals surface area contributed by atoms with Crippen molar-refractivity contribution >= 4 is 19.5 Å². The number of nitrogens with two attached hydrogens (primary N) is 1. The molecule has 7 heavy (non-hydrogen) atoms. The second-order valence-electron chi connectivity index (χ2n) is 0.960. The highest BCUT2D eigenvalue weighted by atomic mass is 32.2. The molecular formula is CH6NO3PS. The molecule has 0 aliphatic rings. The summed E-state index contributed by atoms with van der Waals surface area (Å²) in [6.45, 7) is 0. The van der Waals surface area contributed by atoms with Crippen LogP contribution >= 0.6 is 19.5 Å². The molecule has 0 bridgehead atoms. The Balaban J connectivity index is 3.36. The average Bonchev–Trinajstić information content (AvgIpc) is 1.30. The predicted molar refractivity (Wildman–Crippen MR) is 28.7 cm³/mol. The van der Waals surface area contributed by atoms with Gasteiger partial charge in [0.05, 0.1) is 0 Å². The van der Waals surface area contributed by atoms with Gasteiger partial charge >= 0.3 is 7.60 Å². The van der Waals surface area contributed by atoms with E-state index in [9.17, 15) is 4.57 Å². The van der Waals surface area contributed by atoms with Crippen molar-refractivity contribution in [2.24, 2.45) is 5.14 Å². The number of hydrogen-bond acceptors (Lipinski definition) is 3. The largest absolute Gasteiger partial charge is 0.336 e. The fourth-order valence-corrected chi connectivity index (χ4v) is 0.874. The minimum Gasteiger partial charge on any atom is -0.324 e. The van der Waals surface area contributed by atoms with Gasteiger partial charge in [0.2, 0.25) is 0 Å². The van der Waals surface area contributed by atoms with Gasteiger partial charge in [0.15, 0.2) is 0 Å². The Morgan fingerprint density at radius 2 is 2.14 bits per heavy atom. The molecule has 0 aromatic carbocycles. The van der Waals surface area contributed by atoms with Gasteiger partial charge < -0.3 is 9.79 Å². The van der Waals surface area contributed by atoms with Crippen molar-refractivity contribution in [2.75, 3.05) is 5.49 Å². The van der Waals surface area contributed by atoms with Crippen LogP contribution in [-0.2, 0) is 4.57 Å². The van der Waals surface area contributed by atoms with Crippen LogP contribution in [0, 0.1) is 0 Å². The minimum absolute atomic E-state index is 0.299. The molecule has 6 heteroatoms. The van der Waals surface area contributed by atoms with Gasteiger partial charge in [0, 0.05) is 0 Å². The Kier molecular flexibility index (Phi) is 2.87. The summed E-state index contributed by atoms with van der Waals surface area (Å²) in [7, 11) is -3.83. The van der Waals surface area contributed by atoms with E-state index in [1.54, 1.807) is 0 Å². The molecule has 4 nitrogen and oxygen atoms in total.